The summed E-state index contributed by atoms with van der Waals surface area (Å²) in [5, 5.41) is -5.75. The topological polar surface area (TPSA) is 80.7 Å². The highest BCUT2D eigenvalue weighted by molar-refractivity contribution is 7.86. The molecule has 0 saturated heterocycles. The predicted molar refractivity (Wildman–Crippen MR) is 88.7 cm³/mol. The molecular weight excluding hydrogens is 399 g/mol. The average Bonchev–Trinajstić information content (AvgIpc) is 2.39. The first-order valence-corrected chi connectivity index (χ1v) is 9.59. The summed E-state index contributed by atoms with van der Waals surface area (Å²) in [6.45, 7) is 11.2. The third-order valence-electron chi connectivity index (χ3n) is 5.07. The molecular formula is C16H27F5O5S. The molecule has 2 atom stereocenters. The van der Waals surface area contributed by atoms with Crippen LogP contribution >= 0.6 is 0 Å². The van der Waals surface area contributed by atoms with Gasteiger partial charge in [0.25, 0.3) is 6.10 Å². The summed E-state index contributed by atoms with van der Waals surface area (Å²) in [5.41, 5.74) is -3.19. The van der Waals surface area contributed by atoms with Crippen molar-refractivity contribution in [2.24, 2.45) is 16.2 Å². The van der Waals surface area contributed by atoms with Gasteiger partial charge >= 0.3 is 27.5 Å². The summed E-state index contributed by atoms with van der Waals surface area (Å²) < 4.78 is 101. The highest BCUT2D eigenvalue weighted by atomic mass is 32.2. The van der Waals surface area contributed by atoms with Crippen LogP contribution in [0.3, 0.4) is 0 Å². The smallest absolute Gasteiger partial charge is 0.432 e. The maximum atomic E-state index is 13.7. The second-order valence-corrected chi connectivity index (χ2v) is 10.1. The molecule has 0 aliphatic rings. The van der Waals surface area contributed by atoms with Crippen LogP contribution in [0.4, 0.5) is 22.0 Å². The van der Waals surface area contributed by atoms with E-state index in [2.05, 4.69) is 4.74 Å². The molecule has 27 heavy (non-hydrogen) atoms. The first-order chi connectivity index (χ1) is 11.5. The third-order valence-corrected chi connectivity index (χ3v) is 5.97. The fraction of sp³-hybridized carbons (Fsp3) is 0.938. The Hall–Kier alpha value is -0.970. The van der Waals surface area contributed by atoms with Gasteiger partial charge in [0.1, 0.15) is 0 Å². The number of carbonyl (C=O) groups excluding carboxylic acids is 1. The molecule has 5 nitrogen and oxygen atoms in total. The van der Waals surface area contributed by atoms with Gasteiger partial charge in [0.2, 0.25) is 0 Å². The Balaban J connectivity index is 6.21. The number of halogens is 5. The van der Waals surface area contributed by atoms with Gasteiger partial charge in [0.15, 0.2) is 0 Å². The molecule has 0 spiro atoms. The van der Waals surface area contributed by atoms with Crippen molar-refractivity contribution in [3.63, 3.8) is 0 Å². The van der Waals surface area contributed by atoms with Crippen molar-refractivity contribution in [2.45, 2.75) is 78.8 Å². The molecule has 162 valence electrons. The molecule has 0 rings (SSSR count). The van der Waals surface area contributed by atoms with Crippen LogP contribution in [-0.2, 0) is 19.6 Å². The highest BCUT2D eigenvalue weighted by Gasteiger charge is 2.67. The number of rotatable bonds is 7. The molecule has 0 heterocycles. The van der Waals surface area contributed by atoms with Gasteiger partial charge in [-0.15, -0.1) is 0 Å². The van der Waals surface area contributed by atoms with Crippen LogP contribution in [0, 0.1) is 16.2 Å². The lowest BCUT2D eigenvalue weighted by molar-refractivity contribution is -0.265. The van der Waals surface area contributed by atoms with Crippen LogP contribution in [0.1, 0.15) is 61.3 Å². The number of esters is 1. The molecule has 0 aromatic heterocycles. The van der Waals surface area contributed by atoms with E-state index in [4.69, 9.17) is 4.55 Å². The number of alkyl halides is 5. The largest absolute Gasteiger partial charge is 0.444 e. The molecule has 0 radical (unpaired) electrons. The minimum Gasteiger partial charge on any atom is -0.444 e. The van der Waals surface area contributed by atoms with E-state index in [0.29, 0.717) is 6.42 Å². The summed E-state index contributed by atoms with van der Waals surface area (Å²) in [6, 6.07) is 0. The van der Waals surface area contributed by atoms with Gasteiger partial charge < -0.3 is 4.74 Å². The zero-order valence-electron chi connectivity index (χ0n) is 16.4. The molecule has 11 heteroatoms. The summed E-state index contributed by atoms with van der Waals surface area (Å²) >= 11 is 0. The molecule has 0 aromatic rings. The van der Waals surface area contributed by atoms with E-state index in [1.165, 1.54) is 27.7 Å². The maximum Gasteiger partial charge on any atom is 0.432 e. The van der Waals surface area contributed by atoms with E-state index in [1.54, 1.807) is 20.8 Å². The minimum absolute atomic E-state index is 0.000850. The summed E-state index contributed by atoms with van der Waals surface area (Å²) in [4.78, 5) is 12.6. The monoisotopic (exact) mass is 426 g/mol. The van der Waals surface area contributed by atoms with Gasteiger partial charge in [-0.05, 0) is 24.2 Å². The Kier molecular flexibility index (Phi) is 7.19. The molecule has 0 aliphatic heterocycles. The van der Waals surface area contributed by atoms with E-state index in [1.807, 2.05) is 0 Å². The van der Waals surface area contributed by atoms with E-state index < -0.39 is 49.9 Å². The van der Waals surface area contributed by atoms with Crippen LogP contribution in [0.15, 0.2) is 0 Å². The molecule has 0 fully saturated rings. The quantitative estimate of drug-likeness (QED) is 0.359. The van der Waals surface area contributed by atoms with Gasteiger partial charge in [-0.1, -0.05) is 48.0 Å². The first kappa shape index (κ1) is 26.0. The molecule has 0 aliphatic carbocycles. The SMILES string of the molecule is CCC(C)(C)CC(C)(C(=O)OC(C(F)(F)F)C(F)(F)S(=O)(=O)O)C(C)(C)C. The van der Waals surface area contributed by atoms with Crippen molar-refractivity contribution < 1.29 is 44.5 Å². The second-order valence-electron chi connectivity index (χ2n) is 8.64. The van der Waals surface area contributed by atoms with Crippen molar-refractivity contribution >= 4 is 16.1 Å². The standard InChI is InChI=1S/C16H27F5O5S/c1-8-13(5,6)9-14(7,12(2,3)4)11(22)26-10(15(17,18)19)16(20,21)27(23,24)25/h10H,8-9H2,1-7H3,(H,23,24,25). The Morgan fingerprint density at radius 1 is 1.00 bits per heavy atom. The normalized spacial score (nSPS) is 18.0. The fourth-order valence-corrected chi connectivity index (χ4v) is 2.88. The van der Waals surface area contributed by atoms with Gasteiger partial charge in [-0.2, -0.15) is 30.4 Å². The molecule has 2 unspecified atom stereocenters. The van der Waals surface area contributed by atoms with Gasteiger partial charge in [-0.3, -0.25) is 9.35 Å². The number of carbonyl (C=O) groups is 1. The molecule has 0 bridgehead atoms. The lowest BCUT2D eigenvalue weighted by Crippen LogP contribution is -2.55. The van der Waals surface area contributed by atoms with Crippen LogP contribution in [-0.4, -0.2) is 36.5 Å². The van der Waals surface area contributed by atoms with Crippen molar-refractivity contribution in [1.82, 2.24) is 0 Å². The summed E-state index contributed by atoms with van der Waals surface area (Å²) in [7, 11) is -6.48. The maximum absolute atomic E-state index is 13.7. The Morgan fingerprint density at radius 3 is 1.67 bits per heavy atom. The van der Waals surface area contributed by atoms with Crippen molar-refractivity contribution in [3.05, 3.63) is 0 Å². The van der Waals surface area contributed by atoms with Crippen molar-refractivity contribution in [1.29, 1.82) is 0 Å². The molecule has 0 amide bonds. The van der Waals surface area contributed by atoms with E-state index in [-0.39, 0.29) is 6.42 Å². The fourth-order valence-electron chi connectivity index (χ4n) is 2.42. The number of hydrogen-bond donors (Lipinski definition) is 1. The first-order valence-electron chi connectivity index (χ1n) is 8.15. The third kappa shape index (κ3) is 5.75. The van der Waals surface area contributed by atoms with Crippen molar-refractivity contribution in [3.8, 4) is 0 Å². The van der Waals surface area contributed by atoms with Crippen LogP contribution in [0.5, 0.6) is 0 Å². The zero-order chi connectivity index (χ0) is 22.3. The second kappa shape index (κ2) is 7.46. The van der Waals surface area contributed by atoms with Gasteiger partial charge in [-0.25, -0.2) is 0 Å². The van der Waals surface area contributed by atoms with E-state index in [9.17, 15) is 35.2 Å². The van der Waals surface area contributed by atoms with E-state index >= 15 is 0 Å². The summed E-state index contributed by atoms with van der Waals surface area (Å²) in [6.07, 6.45) is -9.72. The lowest BCUT2D eigenvalue weighted by atomic mass is 9.60. The van der Waals surface area contributed by atoms with E-state index in [0.717, 1.165) is 0 Å². The minimum atomic E-state index is -6.48. The lowest BCUT2D eigenvalue weighted by Gasteiger charge is -2.45. The Bertz CT molecular complexity index is 649. The highest BCUT2D eigenvalue weighted by Crippen LogP contribution is 2.50. The van der Waals surface area contributed by atoms with Crippen LogP contribution in [0.2, 0.25) is 0 Å². The zero-order valence-corrected chi connectivity index (χ0v) is 17.2. The number of ether oxygens (including phenoxy) is 1. The molecule has 0 aromatic carbocycles. The predicted octanol–water partition coefficient (Wildman–Crippen LogP) is 4.82. The van der Waals surface area contributed by atoms with Crippen LogP contribution < -0.4 is 0 Å². The molecule has 0 saturated carbocycles. The van der Waals surface area contributed by atoms with Gasteiger partial charge in [0, 0.05) is 0 Å². The summed E-state index contributed by atoms with van der Waals surface area (Å²) in [5.74, 6) is -1.62. The number of hydrogen-bond acceptors (Lipinski definition) is 4. The van der Waals surface area contributed by atoms with Gasteiger partial charge in [0.05, 0.1) is 5.41 Å². The van der Waals surface area contributed by atoms with Crippen LogP contribution in [0.25, 0.3) is 0 Å². The van der Waals surface area contributed by atoms with Crippen molar-refractivity contribution in [2.75, 3.05) is 0 Å². The Morgan fingerprint density at radius 2 is 1.41 bits per heavy atom. The molecule has 1 N–H and O–H groups in total. The Labute approximate surface area is 156 Å². The average molecular weight is 426 g/mol.